The number of nitriles is 2. The van der Waals surface area contributed by atoms with Crippen molar-refractivity contribution in [2.24, 2.45) is 0 Å². The van der Waals surface area contributed by atoms with Crippen molar-refractivity contribution in [1.82, 2.24) is 19.9 Å². The molecule has 0 saturated carbocycles. The van der Waals surface area contributed by atoms with Crippen LogP contribution in [0.15, 0.2) is 48.5 Å². The maximum absolute atomic E-state index is 12.3. The molecule has 0 bridgehead atoms. The van der Waals surface area contributed by atoms with Crippen molar-refractivity contribution in [3.05, 3.63) is 82.4 Å². The average Bonchev–Trinajstić information content (AvgIpc) is 3.42. The molecule has 0 N–H and O–H groups in total. The number of nitrogens with zero attached hydrogens (tertiary/aromatic N) is 7. The molecular weight excluding hydrogens is 510 g/mol. The maximum Gasteiger partial charge on any atom is 0.251 e. The molecule has 2 aromatic carbocycles. The Morgan fingerprint density at radius 1 is 0.700 bits per heavy atom. The van der Waals surface area contributed by atoms with Crippen molar-refractivity contribution in [1.29, 1.82) is 10.5 Å². The van der Waals surface area contributed by atoms with Crippen LogP contribution in [0.4, 0.5) is 5.82 Å². The Bertz CT molecular complexity index is 1770. The molecule has 0 spiro atoms. The Hall–Kier alpha value is -5.52. The van der Waals surface area contributed by atoms with Crippen LogP contribution in [-0.2, 0) is 4.74 Å². The lowest BCUT2D eigenvalue weighted by molar-refractivity contribution is 0.103. The largest absolute Gasteiger partial charge is 0.473 e. The summed E-state index contributed by atoms with van der Waals surface area (Å²) < 4.78 is 10.3. The molecule has 2 heterocycles. The third-order valence-electron chi connectivity index (χ3n) is 6.19. The second-order valence-corrected chi connectivity index (χ2v) is 8.88. The number of benzene rings is 2. The fourth-order valence-corrected chi connectivity index (χ4v) is 4.35. The summed E-state index contributed by atoms with van der Waals surface area (Å²) in [6.07, 6.45) is 0. The van der Waals surface area contributed by atoms with Gasteiger partial charge in [0.15, 0.2) is 11.5 Å². The van der Waals surface area contributed by atoms with Gasteiger partial charge in [0.25, 0.3) is 5.88 Å². The van der Waals surface area contributed by atoms with Crippen LogP contribution >= 0.6 is 0 Å². The van der Waals surface area contributed by atoms with E-state index in [9.17, 15) is 9.59 Å². The summed E-state index contributed by atoms with van der Waals surface area (Å²) in [5, 5.41) is 18.2. The van der Waals surface area contributed by atoms with Crippen molar-refractivity contribution in [3.8, 4) is 40.5 Å². The number of hydrogen-bond acceptors (Lipinski definition) is 11. The molecule has 40 heavy (non-hydrogen) atoms. The van der Waals surface area contributed by atoms with E-state index >= 15 is 0 Å². The van der Waals surface area contributed by atoms with Gasteiger partial charge in [0.2, 0.25) is 17.3 Å². The van der Waals surface area contributed by atoms with Gasteiger partial charge < -0.3 is 14.4 Å². The summed E-state index contributed by atoms with van der Waals surface area (Å²) in [5.41, 5.74) is 4.30. The number of hydrogen-bond donors (Lipinski definition) is 0. The fraction of sp³-hybridized carbons (Fsp3) is 0.172. The van der Waals surface area contributed by atoms with Crippen LogP contribution in [0.5, 0.6) is 5.88 Å². The van der Waals surface area contributed by atoms with Gasteiger partial charge in [0, 0.05) is 43.5 Å². The zero-order valence-electron chi connectivity index (χ0n) is 21.8. The van der Waals surface area contributed by atoms with Crippen LogP contribution in [0.3, 0.4) is 0 Å². The quantitative estimate of drug-likeness (QED) is 0.301. The molecule has 0 radical (unpaired) electrons. The summed E-state index contributed by atoms with van der Waals surface area (Å²) in [4.78, 5) is 43.2. The van der Waals surface area contributed by atoms with Gasteiger partial charge in [-0.3, -0.25) is 9.59 Å². The lowest BCUT2D eigenvalue weighted by Gasteiger charge is -2.13. The van der Waals surface area contributed by atoms with Crippen LogP contribution < -0.4 is 9.64 Å². The Kier molecular flexibility index (Phi) is 6.98. The Balaban J connectivity index is 0.000000162. The number of fused-ring (bicyclic) bond motifs is 6. The first-order valence-corrected chi connectivity index (χ1v) is 12.1. The van der Waals surface area contributed by atoms with Gasteiger partial charge in [0.05, 0.1) is 6.61 Å². The zero-order valence-corrected chi connectivity index (χ0v) is 21.8. The number of ether oxygens (including phenoxy) is 2. The van der Waals surface area contributed by atoms with Gasteiger partial charge in [-0.05, 0) is 0 Å². The molecule has 0 saturated heterocycles. The Labute approximate surface area is 229 Å². The van der Waals surface area contributed by atoms with E-state index < -0.39 is 0 Å². The molecule has 0 aliphatic heterocycles. The SMILES string of the molecule is CN(C)c1nc2c(nc1C#N)C(=O)c1ccccc1-2.COCCOc1nc2c(nc1C#N)C(=O)c1ccccc1-2. The van der Waals surface area contributed by atoms with E-state index in [1.54, 1.807) is 56.4 Å². The predicted octanol–water partition coefficient (Wildman–Crippen LogP) is 3.21. The van der Waals surface area contributed by atoms with Crippen LogP contribution in [-0.4, -0.2) is 65.9 Å². The second-order valence-electron chi connectivity index (χ2n) is 8.88. The molecule has 0 atom stereocenters. The zero-order chi connectivity index (χ0) is 28.4. The van der Waals surface area contributed by atoms with Crippen molar-refractivity contribution in [3.63, 3.8) is 0 Å². The van der Waals surface area contributed by atoms with Crippen molar-refractivity contribution < 1.29 is 19.1 Å². The monoisotopic (exact) mass is 531 g/mol. The van der Waals surface area contributed by atoms with Gasteiger partial charge in [-0.15, -0.1) is 0 Å². The average molecular weight is 532 g/mol. The number of methoxy groups -OCH3 is 1. The van der Waals surface area contributed by atoms with Gasteiger partial charge >= 0.3 is 0 Å². The maximum atomic E-state index is 12.3. The lowest BCUT2D eigenvalue weighted by Crippen LogP contribution is -2.15. The van der Waals surface area contributed by atoms with Crippen LogP contribution in [0.2, 0.25) is 0 Å². The molecule has 6 rings (SSSR count). The molecule has 11 nitrogen and oxygen atoms in total. The molecule has 4 aromatic rings. The minimum Gasteiger partial charge on any atom is -0.473 e. The smallest absolute Gasteiger partial charge is 0.251 e. The van der Waals surface area contributed by atoms with E-state index in [0.717, 1.165) is 5.56 Å². The van der Waals surface area contributed by atoms with Crippen molar-refractivity contribution in [2.75, 3.05) is 39.3 Å². The number of aromatic nitrogens is 4. The van der Waals surface area contributed by atoms with E-state index in [2.05, 4.69) is 19.9 Å². The van der Waals surface area contributed by atoms with Gasteiger partial charge in [-0.1, -0.05) is 48.5 Å². The van der Waals surface area contributed by atoms with Crippen molar-refractivity contribution in [2.45, 2.75) is 0 Å². The molecule has 196 valence electrons. The highest BCUT2D eigenvalue weighted by molar-refractivity contribution is 6.20. The van der Waals surface area contributed by atoms with E-state index in [4.69, 9.17) is 20.0 Å². The van der Waals surface area contributed by atoms with E-state index in [0.29, 0.717) is 40.5 Å². The molecule has 0 unspecified atom stereocenters. The highest BCUT2D eigenvalue weighted by atomic mass is 16.5. The fourth-order valence-electron chi connectivity index (χ4n) is 4.35. The molecule has 0 amide bonds. The Morgan fingerprint density at radius 3 is 1.70 bits per heavy atom. The summed E-state index contributed by atoms with van der Waals surface area (Å²) in [7, 11) is 5.14. The highest BCUT2D eigenvalue weighted by Gasteiger charge is 2.32. The lowest BCUT2D eigenvalue weighted by atomic mass is 10.1. The summed E-state index contributed by atoms with van der Waals surface area (Å²) in [6, 6.07) is 18.3. The number of rotatable bonds is 5. The molecule has 2 aliphatic rings. The topological polar surface area (TPSA) is 155 Å². The van der Waals surface area contributed by atoms with Crippen LogP contribution in [0, 0.1) is 22.7 Å². The van der Waals surface area contributed by atoms with E-state index in [-0.39, 0.29) is 46.8 Å². The number of carbonyl (C=O) groups is 2. The third kappa shape index (κ3) is 4.41. The molecular formula is C29H21N7O4. The summed E-state index contributed by atoms with van der Waals surface area (Å²) in [5.74, 6) is 0.219. The Morgan fingerprint density at radius 2 is 1.20 bits per heavy atom. The summed E-state index contributed by atoms with van der Waals surface area (Å²) in [6.45, 7) is 0.632. The minimum absolute atomic E-state index is 0.00556. The van der Waals surface area contributed by atoms with Crippen LogP contribution in [0.25, 0.3) is 22.5 Å². The van der Waals surface area contributed by atoms with Crippen molar-refractivity contribution >= 4 is 17.4 Å². The minimum atomic E-state index is -0.215. The normalized spacial score (nSPS) is 11.7. The number of anilines is 1. The summed E-state index contributed by atoms with van der Waals surface area (Å²) >= 11 is 0. The standard InChI is InChI=1S/C15H11N3O3.C14H10N4O/c1-20-6-7-21-15-11(8-16)17-13-12(18-15)9-4-2-3-5-10(9)14(13)19;1-18(2)14-10(7-15)16-12-11(17-14)8-5-3-4-6-9(8)13(12)19/h2-5H,6-7H2,1H3;3-6H,1-2H3. The first kappa shape index (κ1) is 26.1. The first-order valence-electron chi connectivity index (χ1n) is 12.1. The van der Waals surface area contributed by atoms with E-state index in [1.165, 1.54) is 0 Å². The number of ketones is 2. The van der Waals surface area contributed by atoms with Gasteiger partial charge in [-0.2, -0.15) is 10.5 Å². The molecule has 0 fully saturated rings. The molecule has 2 aliphatic carbocycles. The second kappa shape index (κ2) is 10.7. The highest BCUT2D eigenvalue weighted by Crippen LogP contribution is 2.36. The molecule has 11 heteroatoms. The third-order valence-corrected chi connectivity index (χ3v) is 6.19. The van der Waals surface area contributed by atoms with Gasteiger partial charge in [0.1, 0.15) is 41.5 Å². The number of carbonyl (C=O) groups excluding carboxylic acids is 2. The molecule has 2 aromatic heterocycles. The van der Waals surface area contributed by atoms with E-state index in [1.807, 2.05) is 30.3 Å². The van der Waals surface area contributed by atoms with Crippen LogP contribution in [0.1, 0.15) is 43.5 Å². The first-order chi connectivity index (χ1) is 19.4. The predicted molar refractivity (Wildman–Crippen MR) is 143 cm³/mol. The van der Waals surface area contributed by atoms with Gasteiger partial charge in [-0.25, -0.2) is 19.9 Å².